The van der Waals surface area contributed by atoms with Gasteiger partial charge in [0.1, 0.15) is 5.75 Å². The van der Waals surface area contributed by atoms with E-state index in [1.165, 1.54) is 0 Å². The predicted molar refractivity (Wildman–Crippen MR) is 93.8 cm³/mol. The summed E-state index contributed by atoms with van der Waals surface area (Å²) in [5, 5.41) is 4.51. The van der Waals surface area contributed by atoms with Gasteiger partial charge >= 0.3 is 5.97 Å². The molecule has 1 aromatic carbocycles. The van der Waals surface area contributed by atoms with Crippen LogP contribution in [0.15, 0.2) is 53.3 Å². The van der Waals surface area contributed by atoms with Crippen LogP contribution in [0.5, 0.6) is 5.75 Å². The van der Waals surface area contributed by atoms with E-state index in [1.807, 2.05) is 6.07 Å². The largest absolute Gasteiger partial charge is 0.482 e. The number of halogens is 1. The van der Waals surface area contributed by atoms with Crippen LogP contribution in [-0.2, 0) is 16.0 Å². The average molecular weight is 374 g/mol. The van der Waals surface area contributed by atoms with Crippen LogP contribution in [0, 0.1) is 0 Å². The fourth-order valence-electron chi connectivity index (χ4n) is 2.09. The van der Waals surface area contributed by atoms with Crippen molar-refractivity contribution in [1.29, 1.82) is 0 Å². The number of carbonyl (C=O) groups excluding carboxylic acids is 1. The molecule has 0 fully saturated rings. The first-order chi connectivity index (χ1) is 12.7. The van der Waals surface area contributed by atoms with Crippen molar-refractivity contribution in [2.45, 2.75) is 12.8 Å². The molecule has 3 aromatic rings. The molecule has 0 aliphatic carbocycles. The maximum atomic E-state index is 11.7. The van der Waals surface area contributed by atoms with Gasteiger partial charge in [-0.1, -0.05) is 16.8 Å². The molecule has 0 aliphatic heterocycles. The Balaban J connectivity index is 1.35. The molecular formula is C18H16ClN3O4. The minimum Gasteiger partial charge on any atom is -0.482 e. The van der Waals surface area contributed by atoms with Gasteiger partial charge in [0.2, 0.25) is 11.7 Å². The van der Waals surface area contributed by atoms with Gasteiger partial charge in [-0.25, -0.2) is 4.79 Å². The number of pyridine rings is 1. The number of benzene rings is 1. The van der Waals surface area contributed by atoms with E-state index in [2.05, 4.69) is 15.1 Å². The second-order valence-corrected chi connectivity index (χ2v) is 5.76. The molecule has 3 rings (SSSR count). The average Bonchev–Trinajstić information content (AvgIpc) is 3.14. The predicted octanol–water partition coefficient (Wildman–Crippen LogP) is 3.34. The van der Waals surface area contributed by atoms with Gasteiger partial charge in [-0.05, 0) is 42.8 Å². The molecule has 0 amide bonds. The number of esters is 1. The van der Waals surface area contributed by atoms with Crippen LogP contribution in [0.25, 0.3) is 11.4 Å². The third kappa shape index (κ3) is 5.29. The minimum absolute atomic E-state index is 0.159. The van der Waals surface area contributed by atoms with Crippen LogP contribution < -0.4 is 4.74 Å². The molecule has 2 heterocycles. The van der Waals surface area contributed by atoms with Crippen LogP contribution in [0.3, 0.4) is 0 Å². The van der Waals surface area contributed by atoms with Crippen molar-refractivity contribution in [3.05, 3.63) is 59.7 Å². The molecule has 0 bridgehead atoms. The fraction of sp³-hybridized carbons (Fsp3) is 0.222. The monoisotopic (exact) mass is 373 g/mol. The van der Waals surface area contributed by atoms with Crippen molar-refractivity contribution in [1.82, 2.24) is 15.1 Å². The summed E-state index contributed by atoms with van der Waals surface area (Å²) in [4.78, 5) is 19.9. The Morgan fingerprint density at radius 3 is 2.81 bits per heavy atom. The lowest BCUT2D eigenvalue weighted by Gasteiger charge is -2.06. The molecule has 0 radical (unpaired) electrons. The zero-order chi connectivity index (χ0) is 18.2. The van der Waals surface area contributed by atoms with E-state index >= 15 is 0 Å². The summed E-state index contributed by atoms with van der Waals surface area (Å²) in [6, 6.07) is 10.4. The standard InChI is InChI=1S/C18H16ClN3O4/c19-14-5-7-15(8-6-14)25-12-17(23)24-10-2-4-16-21-18(22-26-16)13-3-1-9-20-11-13/h1,3,5-9,11H,2,4,10,12H2. The molecule has 8 heteroatoms. The Hall–Kier alpha value is -2.93. The zero-order valence-electron chi connectivity index (χ0n) is 13.8. The van der Waals surface area contributed by atoms with Crippen molar-refractivity contribution in [3.63, 3.8) is 0 Å². The van der Waals surface area contributed by atoms with E-state index in [1.54, 1.807) is 42.7 Å². The molecule has 0 saturated heterocycles. The first-order valence-corrected chi connectivity index (χ1v) is 8.35. The summed E-state index contributed by atoms with van der Waals surface area (Å²) in [7, 11) is 0. The second kappa shape index (κ2) is 8.96. The van der Waals surface area contributed by atoms with E-state index in [0.29, 0.717) is 35.3 Å². The highest BCUT2D eigenvalue weighted by Gasteiger charge is 2.09. The number of aryl methyl sites for hydroxylation is 1. The van der Waals surface area contributed by atoms with Crippen molar-refractivity contribution in [2.24, 2.45) is 0 Å². The third-order valence-corrected chi connectivity index (χ3v) is 3.61. The molecule has 134 valence electrons. The summed E-state index contributed by atoms with van der Waals surface area (Å²) in [6.45, 7) is 0.0841. The SMILES string of the molecule is O=C(COc1ccc(Cl)cc1)OCCCc1nc(-c2cccnc2)no1. The van der Waals surface area contributed by atoms with E-state index in [4.69, 9.17) is 25.6 Å². The smallest absolute Gasteiger partial charge is 0.344 e. The van der Waals surface area contributed by atoms with Crippen molar-refractivity contribution in [2.75, 3.05) is 13.2 Å². The number of carbonyl (C=O) groups is 1. The lowest BCUT2D eigenvalue weighted by Crippen LogP contribution is -2.15. The quantitative estimate of drug-likeness (QED) is 0.442. The Labute approximate surface area is 154 Å². The highest BCUT2D eigenvalue weighted by atomic mass is 35.5. The highest BCUT2D eigenvalue weighted by Crippen LogP contribution is 2.16. The second-order valence-electron chi connectivity index (χ2n) is 5.32. The van der Waals surface area contributed by atoms with Crippen LogP contribution in [0.4, 0.5) is 0 Å². The Kier molecular flexibility index (Phi) is 6.16. The molecule has 0 atom stereocenters. The number of hydrogen-bond acceptors (Lipinski definition) is 7. The number of rotatable bonds is 8. The van der Waals surface area contributed by atoms with E-state index in [9.17, 15) is 4.79 Å². The summed E-state index contributed by atoms with van der Waals surface area (Å²) >= 11 is 5.78. The Morgan fingerprint density at radius 2 is 2.04 bits per heavy atom. The van der Waals surface area contributed by atoms with Crippen LogP contribution in [-0.4, -0.2) is 34.3 Å². The van der Waals surface area contributed by atoms with Gasteiger partial charge in [-0.15, -0.1) is 0 Å². The van der Waals surface area contributed by atoms with Gasteiger partial charge in [0.15, 0.2) is 6.61 Å². The van der Waals surface area contributed by atoms with Gasteiger partial charge < -0.3 is 14.0 Å². The molecular weight excluding hydrogens is 358 g/mol. The van der Waals surface area contributed by atoms with Gasteiger partial charge in [-0.3, -0.25) is 4.98 Å². The summed E-state index contributed by atoms with van der Waals surface area (Å²) in [5.74, 6) is 1.08. The van der Waals surface area contributed by atoms with Crippen LogP contribution in [0.2, 0.25) is 5.02 Å². The molecule has 0 aliphatic rings. The van der Waals surface area contributed by atoms with Gasteiger partial charge in [0.25, 0.3) is 0 Å². The fourth-order valence-corrected chi connectivity index (χ4v) is 2.22. The van der Waals surface area contributed by atoms with E-state index in [0.717, 1.165) is 5.56 Å². The number of ether oxygens (including phenoxy) is 2. The summed E-state index contributed by atoms with van der Waals surface area (Å²) in [6.07, 6.45) is 4.42. The van der Waals surface area contributed by atoms with Gasteiger partial charge in [-0.2, -0.15) is 4.98 Å². The maximum Gasteiger partial charge on any atom is 0.344 e. The van der Waals surface area contributed by atoms with Crippen molar-refractivity contribution in [3.8, 4) is 17.1 Å². The molecule has 0 spiro atoms. The normalized spacial score (nSPS) is 10.5. The first-order valence-electron chi connectivity index (χ1n) is 7.98. The number of aromatic nitrogens is 3. The minimum atomic E-state index is -0.443. The Bertz CT molecular complexity index is 837. The summed E-state index contributed by atoms with van der Waals surface area (Å²) in [5.41, 5.74) is 0.785. The molecule has 0 unspecified atom stereocenters. The molecule has 0 saturated carbocycles. The lowest BCUT2D eigenvalue weighted by molar-refractivity contribution is -0.146. The van der Waals surface area contributed by atoms with Gasteiger partial charge in [0, 0.05) is 29.4 Å². The first kappa shape index (κ1) is 17.9. The number of nitrogens with zero attached hydrogens (tertiary/aromatic N) is 3. The Morgan fingerprint density at radius 1 is 1.19 bits per heavy atom. The lowest BCUT2D eigenvalue weighted by atomic mass is 10.3. The third-order valence-electron chi connectivity index (χ3n) is 3.36. The van der Waals surface area contributed by atoms with E-state index < -0.39 is 5.97 Å². The maximum absolute atomic E-state index is 11.7. The zero-order valence-corrected chi connectivity index (χ0v) is 14.6. The van der Waals surface area contributed by atoms with Crippen molar-refractivity contribution < 1.29 is 18.8 Å². The molecule has 7 nitrogen and oxygen atoms in total. The van der Waals surface area contributed by atoms with E-state index in [-0.39, 0.29) is 13.2 Å². The number of hydrogen-bond donors (Lipinski definition) is 0. The molecule has 0 N–H and O–H groups in total. The highest BCUT2D eigenvalue weighted by molar-refractivity contribution is 6.30. The van der Waals surface area contributed by atoms with Crippen molar-refractivity contribution >= 4 is 17.6 Å². The molecule has 2 aromatic heterocycles. The van der Waals surface area contributed by atoms with Crippen LogP contribution in [0.1, 0.15) is 12.3 Å². The topological polar surface area (TPSA) is 87.3 Å². The van der Waals surface area contributed by atoms with Gasteiger partial charge in [0.05, 0.1) is 6.61 Å². The van der Waals surface area contributed by atoms with Crippen LogP contribution >= 0.6 is 11.6 Å². The molecule has 26 heavy (non-hydrogen) atoms. The summed E-state index contributed by atoms with van der Waals surface area (Å²) < 4.78 is 15.6.